The molecule has 0 spiro atoms. The van der Waals surface area contributed by atoms with Gasteiger partial charge in [0.1, 0.15) is 0 Å². The Bertz CT molecular complexity index is 226. The standard InChI is InChI=1S/C7H13N3S.ClH/c1-6(5-8)11-7-9-3-4-10(7)2;/h3-4,6H,5,8H2,1-2H3;1H. The number of imidazole rings is 1. The van der Waals surface area contributed by atoms with Crippen molar-refractivity contribution in [1.82, 2.24) is 9.55 Å². The summed E-state index contributed by atoms with van der Waals surface area (Å²) in [6.45, 7) is 2.79. The maximum absolute atomic E-state index is 5.48. The van der Waals surface area contributed by atoms with Crippen LogP contribution < -0.4 is 5.73 Å². The lowest BCUT2D eigenvalue weighted by Gasteiger charge is -2.06. The molecule has 1 unspecified atom stereocenters. The normalized spacial score (nSPS) is 12.2. The van der Waals surface area contributed by atoms with Crippen molar-refractivity contribution in [3.8, 4) is 0 Å². The van der Waals surface area contributed by atoms with Crippen molar-refractivity contribution in [1.29, 1.82) is 0 Å². The number of nitrogens with two attached hydrogens (primary N) is 1. The monoisotopic (exact) mass is 207 g/mol. The van der Waals surface area contributed by atoms with Gasteiger partial charge >= 0.3 is 0 Å². The van der Waals surface area contributed by atoms with E-state index in [1.807, 2.05) is 17.8 Å². The Kier molecular flexibility index (Phi) is 5.37. The fourth-order valence-electron chi connectivity index (χ4n) is 0.694. The first-order valence-corrected chi connectivity index (χ1v) is 4.46. The fourth-order valence-corrected chi connectivity index (χ4v) is 1.50. The topological polar surface area (TPSA) is 43.8 Å². The van der Waals surface area contributed by atoms with Gasteiger partial charge in [0.2, 0.25) is 0 Å². The van der Waals surface area contributed by atoms with Gasteiger partial charge in [0, 0.05) is 31.2 Å². The van der Waals surface area contributed by atoms with Gasteiger partial charge in [-0.1, -0.05) is 18.7 Å². The Morgan fingerprint density at radius 2 is 2.42 bits per heavy atom. The van der Waals surface area contributed by atoms with Crippen molar-refractivity contribution >= 4 is 24.2 Å². The molecule has 0 amide bonds. The molecule has 3 nitrogen and oxygen atoms in total. The molecule has 0 bridgehead atoms. The highest BCUT2D eigenvalue weighted by Gasteiger charge is 2.04. The molecular weight excluding hydrogens is 194 g/mol. The lowest BCUT2D eigenvalue weighted by atomic mass is 10.5. The van der Waals surface area contributed by atoms with Gasteiger partial charge < -0.3 is 10.3 Å². The van der Waals surface area contributed by atoms with Crippen molar-refractivity contribution in [2.75, 3.05) is 6.54 Å². The molecule has 0 aliphatic heterocycles. The molecule has 1 rings (SSSR count). The number of aryl methyl sites for hydroxylation is 1. The maximum atomic E-state index is 5.48. The van der Waals surface area contributed by atoms with E-state index in [9.17, 15) is 0 Å². The van der Waals surface area contributed by atoms with Crippen LogP contribution in [0.5, 0.6) is 0 Å². The van der Waals surface area contributed by atoms with E-state index >= 15 is 0 Å². The molecular formula is C7H14ClN3S. The third-order valence-corrected chi connectivity index (χ3v) is 2.61. The smallest absolute Gasteiger partial charge is 0.167 e. The largest absolute Gasteiger partial charge is 0.329 e. The van der Waals surface area contributed by atoms with Gasteiger partial charge in [0.25, 0.3) is 0 Å². The molecule has 0 aliphatic rings. The number of hydrogen-bond donors (Lipinski definition) is 1. The minimum atomic E-state index is 0. The van der Waals surface area contributed by atoms with E-state index in [1.54, 1.807) is 18.0 Å². The predicted molar refractivity (Wildman–Crippen MR) is 54.8 cm³/mol. The Morgan fingerprint density at radius 1 is 1.75 bits per heavy atom. The van der Waals surface area contributed by atoms with Crippen LogP contribution in [0.15, 0.2) is 17.6 Å². The first-order valence-electron chi connectivity index (χ1n) is 3.58. The summed E-state index contributed by atoms with van der Waals surface area (Å²) in [5, 5.41) is 1.47. The number of halogens is 1. The van der Waals surface area contributed by atoms with E-state index in [0.717, 1.165) is 5.16 Å². The number of nitrogens with zero attached hydrogens (tertiary/aromatic N) is 2. The molecule has 12 heavy (non-hydrogen) atoms. The molecule has 1 aromatic heterocycles. The first kappa shape index (κ1) is 11.8. The highest BCUT2D eigenvalue weighted by molar-refractivity contribution is 7.99. The van der Waals surface area contributed by atoms with Gasteiger partial charge in [-0.2, -0.15) is 0 Å². The van der Waals surface area contributed by atoms with Crippen LogP contribution in [0.1, 0.15) is 6.92 Å². The molecule has 1 heterocycles. The van der Waals surface area contributed by atoms with Crippen LogP contribution in [0.2, 0.25) is 0 Å². The Hall–Kier alpha value is -0.190. The van der Waals surface area contributed by atoms with E-state index in [-0.39, 0.29) is 12.4 Å². The van der Waals surface area contributed by atoms with Crippen LogP contribution in [0.25, 0.3) is 0 Å². The van der Waals surface area contributed by atoms with Crippen LogP contribution in [0.4, 0.5) is 0 Å². The van der Waals surface area contributed by atoms with Gasteiger partial charge in [0.15, 0.2) is 5.16 Å². The van der Waals surface area contributed by atoms with E-state index < -0.39 is 0 Å². The SMILES string of the molecule is CC(CN)Sc1nccn1C.Cl. The third kappa shape index (κ3) is 3.05. The number of rotatable bonds is 3. The highest BCUT2D eigenvalue weighted by Crippen LogP contribution is 2.19. The first-order chi connectivity index (χ1) is 5.24. The van der Waals surface area contributed by atoms with Gasteiger partial charge in [-0.05, 0) is 0 Å². The van der Waals surface area contributed by atoms with E-state index in [4.69, 9.17) is 5.73 Å². The molecule has 70 valence electrons. The van der Waals surface area contributed by atoms with Crippen molar-refractivity contribution in [3.05, 3.63) is 12.4 Å². The van der Waals surface area contributed by atoms with Crippen molar-refractivity contribution < 1.29 is 0 Å². The molecule has 0 aliphatic carbocycles. The Labute approximate surface area is 83.1 Å². The molecule has 1 atom stereocenters. The number of aromatic nitrogens is 2. The van der Waals surface area contributed by atoms with E-state index in [1.165, 1.54) is 0 Å². The van der Waals surface area contributed by atoms with Gasteiger partial charge in [-0.25, -0.2) is 4.98 Å². The lowest BCUT2D eigenvalue weighted by Crippen LogP contribution is -2.13. The van der Waals surface area contributed by atoms with Crippen LogP contribution in [0.3, 0.4) is 0 Å². The molecule has 5 heteroatoms. The second kappa shape index (κ2) is 5.45. The zero-order valence-corrected chi connectivity index (χ0v) is 8.86. The minimum Gasteiger partial charge on any atom is -0.329 e. The summed E-state index contributed by atoms with van der Waals surface area (Å²) in [4.78, 5) is 4.17. The van der Waals surface area contributed by atoms with Crippen LogP contribution in [-0.4, -0.2) is 21.3 Å². The summed E-state index contributed by atoms with van der Waals surface area (Å²) in [6.07, 6.45) is 3.73. The zero-order valence-electron chi connectivity index (χ0n) is 7.23. The summed E-state index contributed by atoms with van der Waals surface area (Å²) < 4.78 is 2.00. The molecule has 0 saturated heterocycles. The van der Waals surface area contributed by atoms with Crippen molar-refractivity contribution in [3.63, 3.8) is 0 Å². The Balaban J connectivity index is 0.00000121. The quantitative estimate of drug-likeness (QED) is 0.760. The summed E-state index contributed by atoms with van der Waals surface area (Å²) in [5.74, 6) is 0. The van der Waals surface area contributed by atoms with E-state index in [2.05, 4.69) is 11.9 Å². The molecule has 0 radical (unpaired) electrons. The van der Waals surface area contributed by atoms with Crippen LogP contribution in [-0.2, 0) is 7.05 Å². The van der Waals surface area contributed by atoms with Crippen LogP contribution in [0, 0.1) is 0 Å². The summed E-state index contributed by atoms with van der Waals surface area (Å²) in [5.41, 5.74) is 5.48. The molecule has 0 saturated carbocycles. The van der Waals surface area contributed by atoms with Gasteiger partial charge in [0.05, 0.1) is 0 Å². The third-order valence-electron chi connectivity index (χ3n) is 1.42. The zero-order chi connectivity index (χ0) is 8.27. The molecule has 1 aromatic rings. The number of thioether (sulfide) groups is 1. The van der Waals surface area contributed by atoms with Crippen molar-refractivity contribution in [2.24, 2.45) is 12.8 Å². The second-order valence-electron chi connectivity index (χ2n) is 2.48. The number of hydrogen-bond acceptors (Lipinski definition) is 3. The lowest BCUT2D eigenvalue weighted by molar-refractivity contribution is 0.784. The average Bonchev–Trinajstić information content (AvgIpc) is 2.37. The van der Waals surface area contributed by atoms with Crippen molar-refractivity contribution in [2.45, 2.75) is 17.3 Å². The average molecular weight is 208 g/mol. The molecule has 0 fully saturated rings. The van der Waals surface area contributed by atoms with Crippen LogP contribution >= 0.6 is 24.2 Å². The highest BCUT2D eigenvalue weighted by atomic mass is 35.5. The summed E-state index contributed by atoms with van der Waals surface area (Å²) in [7, 11) is 1.98. The second-order valence-corrected chi connectivity index (χ2v) is 3.89. The molecule has 2 N–H and O–H groups in total. The maximum Gasteiger partial charge on any atom is 0.167 e. The fraction of sp³-hybridized carbons (Fsp3) is 0.571. The summed E-state index contributed by atoms with van der Waals surface area (Å²) in [6, 6.07) is 0. The van der Waals surface area contributed by atoms with Gasteiger partial charge in [-0.15, -0.1) is 12.4 Å². The van der Waals surface area contributed by atoms with Gasteiger partial charge in [-0.3, -0.25) is 0 Å². The summed E-state index contributed by atoms with van der Waals surface area (Å²) >= 11 is 1.70. The predicted octanol–water partition coefficient (Wildman–Crippen LogP) is 1.28. The minimum absolute atomic E-state index is 0. The molecule has 0 aromatic carbocycles. The van der Waals surface area contributed by atoms with E-state index in [0.29, 0.717) is 11.8 Å². The Morgan fingerprint density at radius 3 is 2.83 bits per heavy atom.